The van der Waals surface area contributed by atoms with Crippen LogP contribution in [-0.2, 0) is 0 Å². The van der Waals surface area contributed by atoms with Crippen molar-refractivity contribution in [3.63, 3.8) is 0 Å². The first-order valence-electron chi connectivity index (χ1n) is 4.53. The van der Waals surface area contributed by atoms with Crippen molar-refractivity contribution in [3.8, 4) is 0 Å². The van der Waals surface area contributed by atoms with Crippen molar-refractivity contribution in [2.75, 3.05) is 0 Å². The van der Waals surface area contributed by atoms with Crippen molar-refractivity contribution in [2.24, 2.45) is 11.7 Å². The van der Waals surface area contributed by atoms with Crippen LogP contribution in [0, 0.1) is 5.92 Å². The number of rotatable bonds is 2. The second-order valence-electron chi connectivity index (χ2n) is 3.50. The highest BCUT2D eigenvalue weighted by molar-refractivity contribution is 5.85. The summed E-state index contributed by atoms with van der Waals surface area (Å²) in [5, 5.41) is 0. The molecule has 1 atom stereocenters. The molecule has 0 radical (unpaired) electrons. The standard InChI is InChI=1S/C10H14N2.2ClH/c11-10(8-3-1-4-8)9-5-2-6-12-7-9;;/h2,5-8,10H,1,3-4,11H2;2*1H/t10-;;/m0../s1. The van der Waals surface area contributed by atoms with Crippen molar-refractivity contribution in [3.05, 3.63) is 30.1 Å². The van der Waals surface area contributed by atoms with Crippen LogP contribution in [0.25, 0.3) is 0 Å². The Morgan fingerprint density at radius 3 is 2.50 bits per heavy atom. The Kier molecular flexibility index (Phi) is 6.09. The van der Waals surface area contributed by atoms with Gasteiger partial charge in [0.2, 0.25) is 0 Å². The average molecular weight is 235 g/mol. The quantitative estimate of drug-likeness (QED) is 0.855. The molecule has 0 bridgehead atoms. The van der Waals surface area contributed by atoms with Crippen LogP contribution in [0.3, 0.4) is 0 Å². The molecule has 2 nitrogen and oxygen atoms in total. The minimum Gasteiger partial charge on any atom is -0.324 e. The lowest BCUT2D eigenvalue weighted by molar-refractivity contribution is 0.264. The fourth-order valence-corrected chi connectivity index (χ4v) is 1.64. The molecule has 1 aliphatic carbocycles. The molecule has 0 unspecified atom stereocenters. The molecule has 0 saturated heterocycles. The molecule has 0 aliphatic heterocycles. The van der Waals surface area contributed by atoms with Crippen molar-refractivity contribution >= 4 is 24.8 Å². The van der Waals surface area contributed by atoms with E-state index in [0.717, 1.165) is 0 Å². The molecule has 0 spiro atoms. The van der Waals surface area contributed by atoms with Gasteiger partial charge in [-0.15, -0.1) is 24.8 Å². The van der Waals surface area contributed by atoms with E-state index in [1.165, 1.54) is 24.8 Å². The summed E-state index contributed by atoms with van der Waals surface area (Å²) in [7, 11) is 0. The molecule has 1 aromatic rings. The first kappa shape index (κ1) is 13.7. The molecule has 1 saturated carbocycles. The minimum absolute atomic E-state index is 0. The number of nitrogens with two attached hydrogens (primary N) is 1. The van der Waals surface area contributed by atoms with Gasteiger partial charge < -0.3 is 5.73 Å². The predicted octanol–water partition coefficient (Wildman–Crippen LogP) is 2.73. The number of halogens is 2. The molecule has 0 amide bonds. The predicted molar refractivity (Wildman–Crippen MR) is 63.0 cm³/mol. The third-order valence-corrected chi connectivity index (χ3v) is 2.73. The molecular weight excluding hydrogens is 219 g/mol. The summed E-state index contributed by atoms with van der Waals surface area (Å²) < 4.78 is 0. The van der Waals surface area contributed by atoms with E-state index in [0.29, 0.717) is 5.92 Å². The van der Waals surface area contributed by atoms with E-state index in [1.807, 2.05) is 12.3 Å². The minimum atomic E-state index is 0. The van der Waals surface area contributed by atoms with Gasteiger partial charge in [0.1, 0.15) is 0 Å². The van der Waals surface area contributed by atoms with Gasteiger partial charge in [-0.3, -0.25) is 4.98 Å². The summed E-state index contributed by atoms with van der Waals surface area (Å²) in [6.45, 7) is 0. The highest BCUT2D eigenvalue weighted by atomic mass is 35.5. The van der Waals surface area contributed by atoms with Gasteiger partial charge in [0, 0.05) is 18.4 Å². The van der Waals surface area contributed by atoms with Gasteiger partial charge in [0.15, 0.2) is 0 Å². The van der Waals surface area contributed by atoms with Crippen LogP contribution >= 0.6 is 24.8 Å². The monoisotopic (exact) mass is 234 g/mol. The lowest BCUT2D eigenvalue weighted by atomic mass is 9.78. The average Bonchev–Trinajstić information content (AvgIpc) is 2.03. The fourth-order valence-electron chi connectivity index (χ4n) is 1.64. The molecule has 4 heteroatoms. The maximum absolute atomic E-state index is 6.06. The van der Waals surface area contributed by atoms with E-state index in [9.17, 15) is 0 Å². The molecule has 80 valence electrons. The second kappa shape index (κ2) is 6.23. The van der Waals surface area contributed by atoms with Gasteiger partial charge in [-0.1, -0.05) is 12.5 Å². The first-order chi connectivity index (χ1) is 5.88. The van der Waals surface area contributed by atoms with Crippen molar-refractivity contribution in [1.29, 1.82) is 0 Å². The molecule has 1 fully saturated rings. The van der Waals surface area contributed by atoms with E-state index >= 15 is 0 Å². The highest BCUT2D eigenvalue weighted by Crippen LogP contribution is 2.35. The van der Waals surface area contributed by atoms with E-state index in [-0.39, 0.29) is 30.9 Å². The van der Waals surface area contributed by atoms with E-state index in [4.69, 9.17) is 5.73 Å². The number of pyridine rings is 1. The van der Waals surface area contributed by atoms with Crippen LogP contribution in [0.4, 0.5) is 0 Å². The van der Waals surface area contributed by atoms with Gasteiger partial charge in [-0.2, -0.15) is 0 Å². The number of hydrogen-bond acceptors (Lipinski definition) is 2. The zero-order valence-corrected chi connectivity index (χ0v) is 9.56. The van der Waals surface area contributed by atoms with E-state index in [2.05, 4.69) is 11.1 Å². The highest BCUT2D eigenvalue weighted by Gasteiger charge is 2.25. The number of nitrogens with zero attached hydrogens (tertiary/aromatic N) is 1. The molecule has 1 aliphatic rings. The lowest BCUT2D eigenvalue weighted by Gasteiger charge is -2.31. The summed E-state index contributed by atoms with van der Waals surface area (Å²) >= 11 is 0. The van der Waals surface area contributed by atoms with Gasteiger partial charge in [0.25, 0.3) is 0 Å². The van der Waals surface area contributed by atoms with Gasteiger partial charge in [-0.05, 0) is 30.4 Å². The lowest BCUT2D eigenvalue weighted by Crippen LogP contribution is -2.26. The Morgan fingerprint density at radius 1 is 1.36 bits per heavy atom. The smallest absolute Gasteiger partial charge is 0.0338 e. The Balaban J connectivity index is 0.000000845. The Hall–Kier alpha value is -0.310. The van der Waals surface area contributed by atoms with Crippen molar-refractivity contribution in [2.45, 2.75) is 25.3 Å². The molecule has 1 aromatic heterocycles. The molecule has 2 rings (SSSR count). The third-order valence-electron chi connectivity index (χ3n) is 2.73. The van der Waals surface area contributed by atoms with Crippen molar-refractivity contribution < 1.29 is 0 Å². The Bertz CT molecular complexity index is 250. The van der Waals surface area contributed by atoms with Gasteiger partial charge in [0.05, 0.1) is 0 Å². The summed E-state index contributed by atoms with van der Waals surface area (Å²) in [4.78, 5) is 4.07. The Labute approximate surface area is 97.1 Å². The van der Waals surface area contributed by atoms with Crippen LogP contribution in [0.1, 0.15) is 30.9 Å². The number of aromatic nitrogens is 1. The molecule has 1 heterocycles. The summed E-state index contributed by atoms with van der Waals surface area (Å²) in [6, 6.07) is 4.23. The maximum Gasteiger partial charge on any atom is 0.0338 e. The van der Waals surface area contributed by atoms with E-state index in [1.54, 1.807) is 6.20 Å². The largest absolute Gasteiger partial charge is 0.324 e. The molecule has 2 N–H and O–H groups in total. The van der Waals surface area contributed by atoms with Crippen LogP contribution in [0.5, 0.6) is 0 Å². The molecular formula is C10H16Cl2N2. The van der Waals surface area contributed by atoms with Crippen molar-refractivity contribution in [1.82, 2.24) is 4.98 Å². The van der Waals surface area contributed by atoms with Gasteiger partial charge in [-0.25, -0.2) is 0 Å². The van der Waals surface area contributed by atoms with Crippen LogP contribution in [-0.4, -0.2) is 4.98 Å². The zero-order valence-electron chi connectivity index (χ0n) is 7.93. The normalized spacial score (nSPS) is 17.2. The zero-order chi connectivity index (χ0) is 8.39. The fraction of sp³-hybridized carbons (Fsp3) is 0.500. The maximum atomic E-state index is 6.06. The van der Waals surface area contributed by atoms with Crippen LogP contribution in [0.2, 0.25) is 0 Å². The second-order valence-corrected chi connectivity index (χ2v) is 3.50. The topological polar surface area (TPSA) is 38.9 Å². The third kappa shape index (κ3) is 2.84. The molecule has 14 heavy (non-hydrogen) atoms. The molecule has 0 aromatic carbocycles. The summed E-state index contributed by atoms with van der Waals surface area (Å²) in [5.41, 5.74) is 7.24. The number of hydrogen-bond donors (Lipinski definition) is 1. The van der Waals surface area contributed by atoms with Gasteiger partial charge >= 0.3 is 0 Å². The van der Waals surface area contributed by atoms with Crippen LogP contribution < -0.4 is 5.73 Å². The van der Waals surface area contributed by atoms with E-state index < -0.39 is 0 Å². The first-order valence-corrected chi connectivity index (χ1v) is 4.53. The summed E-state index contributed by atoms with van der Waals surface area (Å²) in [6.07, 6.45) is 7.59. The SMILES string of the molecule is Cl.Cl.N[C@H](c1cccnc1)C1CCC1. The summed E-state index contributed by atoms with van der Waals surface area (Å²) in [5.74, 6) is 0.703. The Morgan fingerprint density at radius 2 is 2.07 bits per heavy atom. The van der Waals surface area contributed by atoms with Crippen LogP contribution in [0.15, 0.2) is 24.5 Å².